The van der Waals surface area contributed by atoms with Crippen molar-refractivity contribution in [2.75, 3.05) is 20.0 Å². The number of methoxy groups -OCH3 is 2. The van der Waals surface area contributed by atoms with Crippen molar-refractivity contribution < 1.29 is 9.47 Å². The topological polar surface area (TPSA) is 55.2 Å². The third kappa shape index (κ3) is 3.99. The third-order valence-electron chi connectivity index (χ3n) is 4.22. The number of nitrogens with zero attached hydrogens (tertiary/aromatic N) is 2. The maximum atomic E-state index is 5.44. The summed E-state index contributed by atoms with van der Waals surface area (Å²) in [6.45, 7) is 0. The van der Waals surface area contributed by atoms with Crippen LogP contribution in [0.25, 0.3) is 0 Å². The largest absolute Gasteiger partial charge is 0.497 e. The Morgan fingerprint density at radius 1 is 1.17 bits per heavy atom. The van der Waals surface area contributed by atoms with Crippen molar-refractivity contribution in [2.45, 2.75) is 38.1 Å². The first kappa shape index (κ1) is 16.2. The van der Waals surface area contributed by atoms with Gasteiger partial charge in [-0.05, 0) is 31.0 Å². The number of thioether (sulfide) groups is 1. The second-order valence-corrected chi connectivity index (χ2v) is 6.72. The molecule has 0 unspecified atom stereocenters. The van der Waals surface area contributed by atoms with E-state index in [1.165, 1.54) is 32.1 Å². The molecule has 0 bridgehead atoms. The fraction of sp³-hybridized carbons (Fsp3) is 0.529. The molecule has 1 aliphatic carbocycles. The fourth-order valence-electron chi connectivity index (χ4n) is 2.94. The van der Waals surface area contributed by atoms with Crippen molar-refractivity contribution >= 4 is 22.6 Å². The molecule has 6 heteroatoms. The molecular formula is C17H23N3O2S. The van der Waals surface area contributed by atoms with Gasteiger partial charge in [0.2, 0.25) is 0 Å². The second kappa shape index (κ2) is 7.73. The molecule has 0 spiro atoms. The average Bonchev–Trinajstić information content (AvgIpc) is 2.62. The molecule has 0 saturated heterocycles. The van der Waals surface area contributed by atoms with Crippen LogP contribution in [0.1, 0.15) is 37.7 Å². The van der Waals surface area contributed by atoms with E-state index in [1.54, 1.807) is 26.0 Å². The van der Waals surface area contributed by atoms with E-state index < -0.39 is 0 Å². The molecule has 1 fully saturated rings. The number of aliphatic imine (C=N–C) groups is 1. The molecule has 1 aliphatic heterocycles. The van der Waals surface area contributed by atoms with Gasteiger partial charge in [0.1, 0.15) is 11.5 Å². The molecule has 2 aliphatic rings. The molecule has 0 radical (unpaired) electrons. The first-order valence-electron chi connectivity index (χ1n) is 8.05. The molecule has 1 aromatic rings. The van der Waals surface area contributed by atoms with Crippen LogP contribution in [-0.2, 0) is 0 Å². The van der Waals surface area contributed by atoms with Crippen LogP contribution in [0.15, 0.2) is 28.3 Å². The van der Waals surface area contributed by atoms with Crippen molar-refractivity contribution in [3.05, 3.63) is 23.8 Å². The normalized spacial score (nSPS) is 20.8. The van der Waals surface area contributed by atoms with E-state index in [4.69, 9.17) is 14.5 Å². The lowest BCUT2D eigenvalue weighted by molar-refractivity contribution is 0.402. The number of hydrogen-bond acceptors (Lipinski definition) is 5. The number of amidine groups is 1. The highest BCUT2D eigenvalue weighted by molar-refractivity contribution is 8.14. The van der Waals surface area contributed by atoms with Crippen molar-refractivity contribution in [3.8, 4) is 11.5 Å². The Hall–Kier alpha value is -1.69. The lowest BCUT2D eigenvalue weighted by Gasteiger charge is -2.21. The predicted molar refractivity (Wildman–Crippen MR) is 96.0 cm³/mol. The monoisotopic (exact) mass is 333 g/mol. The van der Waals surface area contributed by atoms with Crippen molar-refractivity contribution in [3.63, 3.8) is 0 Å². The Morgan fingerprint density at radius 3 is 2.65 bits per heavy atom. The summed E-state index contributed by atoms with van der Waals surface area (Å²) in [5.41, 5.74) is 5.02. The van der Waals surface area contributed by atoms with Crippen LogP contribution in [0.4, 0.5) is 0 Å². The summed E-state index contributed by atoms with van der Waals surface area (Å²) in [7, 11) is 3.33. The van der Waals surface area contributed by atoms with E-state index in [2.05, 4.69) is 10.5 Å². The summed E-state index contributed by atoms with van der Waals surface area (Å²) in [4.78, 5) is 4.80. The maximum absolute atomic E-state index is 5.44. The molecular weight excluding hydrogens is 310 g/mol. The summed E-state index contributed by atoms with van der Waals surface area (Å²) < 4.78 is 10.7. The van der Waals surface area contributed by atoms with Gasteiger partial charge < -0.3 is 9.47 Å². The molecule has 0 aromatic heterocycles. The van der Waals surface area contributed by atoms with Crippen LogP contribution in [-0.4, -0.2) is 36.9 Å². The van der Waals surface area contributed by atoms with Gasteiger partial charge in [0.15, 0.2) is 5.17 Å². The van der Waals surface area contributed by atoms with Gasteiger partial charge in [0.05, 0.1) is 26.0 Å². The molecule has 1 saturated carbocycles. The van der Waals surface area contributed by atoms with Crippen LogP contribution < -0.4 is 14.9 Å². The predicted octanol–water partition coefficient (Wildman–Crippen LogP) is 3.43. The Morgan fingerprint density at radius 2 is 2.00 bits per heavy atom. The van der Waals surface area contributed by atoms with Gasteiger partial charge in [-0.25, -0.2) is 0 Å². The highest BCUT2D eigenvalue weighted by Crippen LogP contribution is 2.27. The summed E-state index contributed by atoms with van der Waals surface area (Å²) in [6.07, 6.45) is 6.33. The minimum absolute atomic E-state index is 0.460. The Labute approximate surface area is 141 Å². The molecule has 3 rings (SSSR count). The molecule has 0 amide bonds. The summed E-state index contributed by atoms with van der Waals surface area (Å²) >= 11 is 1.70. The fourth-order valence-corrected chi connectivity index (χ4v) is 3.76. The standard InChI is InChI=1S/C17H23N3O2S/c1-21-13-8-9-16(22-2)14(10-13)15-11-23-17(20-19-15)18-12-6-4-3-5-7-12/h8-10,12H,3-7,11H2,1-2H3,(H,18,20). The Kier molecular flexibility index (Phi) is 5.43. The number of ether oxygens (including phenoxy) is 2. The van der Waals surface area contributed by atoms with Crippen LogP contribution in [0.2, 0.25) is 0 Å². The minimum Gasteiger partial charge on any atom is -0.497 e. The molecule has 23 heavy (non-hydrogen) atoms. The zero-order valence-electron chi connectivity index (χ0n) is 13.7. The summed E-state index contributed by atoms with van der Waals surface area (Å²) in [6, 6.07) is 6.22. The SMILES string of the molecule is COc1ccc(OC)c(C2=NNC(=NC3CCCCC3)SC2)c1. The molecule has 5 nitrogen and oxygen atoms in total. The number of nitrogens with one attached hydrogen (secondary N) is 1. The Balaban J connectivity index is 1.74. The van der Waals surface area contributed by atoms with Gasteiger partial charge in [-0.15, -0.1) is 0 Å². The van der Waals surface area contributed by atoms with Crippen LogP contribution in [0, 0.1) is 0 Å². The summed E-state index contributed by atoms with van der Waals surface area (Å²) in [5.74, 6) is 2.39. The molecule has 1 aromatic carbocycles. The van der Waals surface area contributed by atoms with Crippen LogP contribution >= 0.6 is 11.8 Å². The van der Waals surface area contributed by atoms with Crippen molar-refractivity contribution in [1.82, 2.24) is 5.43 Å². The quantitative estimate of drug-likeness (QED) is 0.917. The maximum Gasteiger partial charge on any atom is 0.177 e. The second-order valence-electron chi connectivity index (χ2n) is 5.75. The Bertz CT molecular complexity index is 610. The third-order valence-corrected chi connectivity index (χ3v) is 5.11. The number of benzene rings is 1. The van der Waals surface area contributed by atoms with Gasteiger partial charge in [0.25, 0.3) is 0 Å². The van der Waals surface area contributed by atoms with Gasteiger partial charge in [-0.2, -0.15) is 5.10 Å². The number of hydrogen-bond donors (Lipinski definition) is 1. The van der Waals surface area contributed by atoms with Gasteiger partial charge in [-0.3, -0.25) is 10.4 Å². The zero-order chi connectivity index (χ0) is 16.1. The molecule has 0 atom stereocenters. The number of hydrazone groups is 1. The van der Waals surface area contributed by atoms with E-state index in [0.717, 1.165) is 33.7 Å². The average molecular weight is 333 g/mol. The lowest BCUT2D eigenvalue weighted by Crippen LogP contribution is -2.27. The van der Waals surface area contributed by atoms with E-state index in [9.17, 15) is 0 Å². The van der Waals surface area contributed by atoms with E-state index >= 15 is 0 Å². The highest BCUT2D eigenvalue weighted by Gasteiger charge is 2.19. The van der Waals surface area contributed by atoms with Crippen LogP contribution in [0.3, 0.4) is 0 Å². The minimum atomic E-state index is 0.460. The van der Waals surface area contributed by atoms with Crippen molar-refractivity contribution in [1.29, 1.82) is 0 Å². The first-order chi connectivity index (χ1) is 11.3. The van der Waals surface area contributed by atoms with E-state index in [1.807, 2.05) is 18.2 Å². The molecule has 1 heterocycles. The van der Waals surface area contributed by atoms with Gasteiger partial charge in [-0.1, -0.05) is 31.0 Å². The summed E-state index contributed by atoms with van der Waals surface area (Å²) in [5, 5.41) is 5.44. The van der Waals surface area contributed by atoms with E-state index in [0.29, 0.717) is 6.04 Å². The highest BCUT2D eigenvalue weighted by atomic mass is 32.2. The zero-order valence-corrected chi connectivity index (χ0v) is 14.5. The molecule has 1 N–H and O–H groups in total. The first-order valence-corrected chi connectivity index (χ1v) is 9.04. The van der Waals surface area contributed by atoms with E-state index in [-0.39, 0.29) is 0 Å². The van der Waals surface area contributed by atoms with Crippen LogP contribution in [0.5, 0.6) is 11.5 Å². The van der Waals surface area contributed by atoms with Gasteiger partial charge in [0, 0.05) is 11.3 Å². The number of rotatable bonds is 4. The smallest absolute Gasteiger partial charge is 0.177 e. The van der Waals surface area contributed by atoms with Gasteiger partial charge >= 0.3 is 0 Å². The van der Waals surface area contributed by atoms with Crippen molar-refractivity contribution in [2.24, 2.45) is 10.1 Å². The lowest BCUT2D eigenvalue weighted by atomic mass is 9.96. The molecule has 124 valence electrons.